The molecule has 5 nitrogen and oxygen atoms in total. The van der Waals surface area contributed by atoms with Crippen molar-refractivity contribution >= 4 is 28.5 Å². The first-order valence-electron chi connectivity index (χ1n) is 19.3. The standard InChI is InChI=1S/C42H57ClO5/c1-25(2)9-8-10-26(3)33-15-16-34-31-14-13-27-21-28(17-19-41(27,4)35(31)18-20-42(33,34)5)47-39(44)24-46-38-23-37-32(22-36(38)43)29-11-6-7-12-30(29)40(45)48-37/h13,22-23,25-26,28,31,33-35H,6-12,14-21,24H2,1-5H3/t26-,28+,31+,33-,34-,35+,41+,42-/m1/s1. The lowest BCUT2D eigenvalue weighted by Crippen LogP contribution is -2.51. The molecule has 6 heteroatoms. The summed E-state index contributed by atoms with van der Waals surface area (Å²) in [7, 11) is 0. The summed E-state index contributed by atoms with van der Waals surface area (Å²) >= 11 is 6.60. The first kappa shape index (κ1) is 34.2. The monoisotopic (exact) mass is 676 g/mol. The number of hydrogen-bond donors (Lipinski definition) is 0. The molecule has 0 unspecified atom stereocenters. The van der Waals surface area contributed by atoms with Crippen LogP contribution in [0, 0.1) is 46.3 Å². The van der Waals surface area contributed by atoms with E-state index in [1.165, 1.54) is 56.9 Å². The molecule has 1 aromatic carbocycles. The second-order valence-corrected chi connectivity index (χ2v) is 17.7. The number of hydrogen-bond acceptors (Lipinski definition) is 5. The molecule has 2 aromatic rings. The molecule has 5 aliphatic rings. The molecule has 1 aromatic heterocycles. The molecule has 0 N–H and O–H groups in total. The molecule has 3 fully saturated rings. The van der Waals surface area contributed by atoms with Crippen molar-refractivity contribution in [3.63, 3.8) is 0 Å². The highest BCUT2D eigenvalue weighted by Crippen LogP contribution is 2.67. The van der Waals surface area contributed by atoms with Crippen LogP contribution in [0.4, 0.5) is 0 Å². The van der Waals surface area contributed by atoms with Crippen molar-refractivity contribution in [1.82, 2.24) is 0 Å². The molecular weight excluding hydrogens is 620 g/mol. The van der Waals surface area contributed by atoms with Gasteiger partial charge in [0.25, 0.3) is 0 Å². The van der Waals surface area contributed by atoms with Crippen LogP contribution >= 0.6 is 11.6 Å². The summed E-state index contributed by atoms with van der Waals surface area (Å²) in [4.78, 5) is 25.6. The molecule has 0 saturated heterocycles. The van der Waals surface area contributed by atoms with E-state index >= 15 is 0 Å². The lowest BCUT2D eigenvalue weighted by atomic mass is 9.47. The second kappa shape index (κ2) is 13.5. The summed E-state index contributed by atoms with van der Waals surface area (Å²) in [5.74, 6) is 4.84. The van der Waals surface area contributed by atoms with Crippen LogP contribution in [0.15, 0.2) is 33.0 Å². The lowest BCUT2D eigenvalue weighted by Gasteiger charge is -2.58. The Morgan fingerprint density at radius 2 is 1.79 bits per heavy atom. The normalized spacial score (nSPS) is 33.3. The SMILES string of the molecule is CC(C)CCC[C@@H](C)[C@H]1CC[C@@H]2[C@@H]3CC=C4C[C@@H](OC(=O)COc5cc6oc(=O)c7c(c6cc5Cl)CCCC7)CC[C@]4(C)[C@H]3CC[C@@]21C. The molecule has 8 atom stereocenters. The Kier molecular flexibility index (Phi) is 9.58. The van der Waals surface area contributed by atoms with Crippen LogP contribution < -0.4 is 10.4 Å². The molecule has 0 bridgehead atoms. The van der Waals surface area contributed by atoms with Gasteiger partial charge in [0.1, 0.15) is 17.4 Å². The summed E-state index contributed by atoms with van der Waals surface area (Å²) in [6, 6.07) is 3.45. The van der Waals surface area contributed by atoms with Crippen molar-refractivity contribution in [2.24, 2.45) is 46.3 Å². The number of allylic oxidation sites excluding steroid dienone is 1. The van der Waals surface area contributed by atoms with E-state index in [0.717, 1.165) is 97.0 Å². The van der Waals surface area contributed by atoms with Crippen molar-refractivity contribution in [2.75, 3.05) is 6.61 Å². The molecule has 7 rings (SSSR count). The van der Waals surface area contributed by atoms with Crippen molar-refractivity contribution in [2.45, 2.75) is 137 Å². The van der Waals surface area contributed by atoms with Gasteiger partial charge in [-0.2, -0.15) is 0 Å². The maximum atomic E-state index is 13.0. The van der Waals surface area contributed by atoms with Crippen LogP contribution in [0.5, 0.6) is 5.75 Å². The van der Waals surface area contributed by atoms with Gasteiger partial charge in [-0.15, -0.1) is 0 Å². The van der Waals surface area contributed by atoms with Crippen LogP contribution in [-0.4, -0.2) is 18.7 Å². The Hall–Kier alpha value is -2.27. The summed E-state index contributed by atoms with van der Waals surface area (Å²) in [6.07, 6.45) is 19.7. The fourth-order valence-electron chi connectivity index (χ4n) is 11.7. The fraction of sp³-hybridized carbons (Fsp3) is 0.714. The first-order valence-corrected chi connectivity index (χ1v) is 19.7. The molecule has 3 saturated carbocycles. The number of carbonyl (C=O) groups excluding carboxylic acids is 1. The van der Waals surface area contributed by atoms with Gasteiger partial charge >= 0.3 is 11.6 Å². The van der Waals surface area contributed by atoms with Gasteiger partial charge in [-0.05, 0) is 129 Å². The third-order valence-corrected chi connectivity index (χ3v) is 14.5. The van der Waals surface area contributed by atoms with E-state index in [2.05, 4.69) is 40.7 Å². The molecule has 0 amide bonds. The summed E-state index contributed by atoms with van der Waals surface area (Å²) in [5.41, 5.74) is 4.19. The number of rotatable bonds is 9. The Morgan fingerprint density at radius 1 is 1.00 bits per heavy atom. The third kappa shape index (κ3) is 6.17. The van der Waals surface area contributed by atoms with Crippen LogP contribution in [0.25, 0.3) is 11.0 Å². The van der Waals surface area contributed by atoms with Crippen molar-refractivity contribution in [1.29, 1.82) is 0 Å². The quantitative estimate of drug-likeness (QED) is 0.150. The van der Waals surface area contributed by atoms with Gasteiger partial charge in [0, 0.05) is 23.4 Å². The highest BCUT2D eigenvalue weighted by atomic mass is 35.5. The predicted octanol–water partition coefficient (Wildman–Crippen LogP) is 10.7. The van der Waals surface area contributed by atoms with E-state index in [4.69, 9.17) is 25.5 Å². The lowest BCUT2D eigenvalue weighted by molar-refractivity contribution is -0.153. The second-order valence-electron chi connectivity index (χ2n) is 17.3. The minimum Gasteiger partial charge on any atom is -0.480 e. The molecule has 0 spiro atoms. The Labute approximate surface area is 292 Å². The van der Waals surface area contributed by atoms with Gasteiger partial charge in [0.2, 0.25) is 0 Å². The topological polar surface area (TPSA) is 65.7 Å². The molecule has 48 heavy (non-hydrogen) atoms. The highest BCUT2D eigenvalue weighted by Gasteiger charge is 2.59. The van der Waals surface area contributed by atoms with E-state index in [1.54, 1.807) is 6.07 Å². The minimum atomic E-state index is -0.381. The Balaban J connectivity index is 0.966. The van der Waals surface area contributed by atoms with Gasteiger partial charge in [0.15, 0.2) is 6.61 Å². The summed E-state index contributed by atoms with van der Waals surface area (Å²) in [6.45, 7) is 12.2. The molecule has 262 valence electrons. The number of esters is 1. The Bertz CT molecular complexity index is 1620. The smallest absolute Gasteiger partial charge is 0.344 e. The van der Waals surface area contributed by atoms with Gasteiger partial charge in [-0.3, -0.25) is 0 Å². The van der Waals surface area contributed by atoms with Crippen LogP contribution in [-0.2, 0) is 22.4 Å². The number of aryl methyl sites for hydroxylation is 1. The minimum absolute atomic E-state index is 0.120. The number of benzene rings is 1. The van der Waals surface area contributed by atoms with Gasteiger partial charge in [0.05, 0.1) is 5.02 Å². The first-order chi connectivity index (χ1) is 23.0. The van der Waals surface area contributed by atoms with E-state index in [-0.39, 0.29) is 29.7 Å². The number of fused-ring (bicyclic) bond motifs is 8. The molecule has 0 aliphatic heterocycles. The van der Waals surface area contributed by atoms with Crippen LogP contribution in [0.2, 0.25) is 5.02 Å². The van der Waals surface area contributed by atoms with E-state index < -0.39 is 0 Å². The van der Waals surface area contributed by atoms with E-state index in [9.17, 15) is 9.59 Å². The van der Waals surface area contributed by atoms with Gasteiger partial charge in [-0.1, -0.05) is 77.1 Å². The van der Waals surface area contributed by atoms with Gasteiger partial charge in [-0.25, -0.2) is 9.59 Å². The summed E-state index contributed by atoms with van der Waals surface area (Å²) < 4.78 is 17.5. The van der Waals surface area contributed by atoms with Gasteiger partial charge < -0.3 is 13.9 Å². The zero-order chi connectivity index (χ0) is 33.8. The Morgan fingerprint density at radius 3 is 2.58 bits per heavy atom. The number of halogens is 1. The van der Waals surface area contributed by atoms with Crippen LogP contribution in [0.3, 0.4) is 0 Å². The largest absolute Gasteiger partial charge is 0.480 e. The van der Waals surface area contributed by atoms with Crippen LogP contribution in [0.1, 0.15) is 129 Å². The van der Waals surface area contributed by atoms with Crippen molar-refractivity contribution in [3.05, 3.63) is 50.4 Å². The maximum Gasteiger partial charge on any atom is 0.344 e. The predicted molar refractivity (Wildman–Crippen MR) is 193 cm³/mol. The molecule has 1 heterocycles. The number of carbonyl (C=O) groups is 1. The molecule has 0 radical (unpaired) electrons. The van der Waals surface area contributed by atoms with E-state index in [1.807, 2.05) is 6.07 Å². The summed E-state index contributed by atoms with van der Waals surface area (Å²) in [5, 5.41) is 1.27. The third-order valence-electron chi connectivity index (χ3n) is 14.2. The molecular formula is C42H57ClO5. The zero-order valence-corrected chi connectivity index (χ0v) is 30.8. The number of ether oxygens (including phenoxy) is 2. The zero-order valence-electron chi connectivity index (χ0n) is 30.0. The maximum absolute atomic E-state index is 13.0. The van der Waals surface area contributed by atoms with Crippen molar-refractivity contribution < 1.29 is 18.7 Å². The van der Waals surface area contributed by atoms with E-state index in [0.29, 0.717) is 21.8 Å². The highest BCUT2D eigenvalue weighted by molar-refractivity contribution is 6.32. The average molecular weight is 677 g/mol. The average Bonchev–Trinajstić information content (AvgIpc) is 3.42. The fourth-order valence-corrected chi connectivity index (χ4v) is 11.9. The molecule has 5 aliphatic carbocycles. The van der Waals surface area contributed by atoms with Crippen molar-refractivity contribution in [3.8, 4) is 5.75 Å².